The Kier molecular flexibility index (Phi) is 4.77. The fourth-order valence-corrected chi connectivity index (χ4v) is 2.68. The fraction of sp³-hybridized carbons (Fsp3) is 0.692. The second kappa shape index (κ2) is 6.55. The summed E-state index contributed by atoms with van der Waals surface area (Å²) in [7, 11) is 1.66. The lowest BCUT2D eigenvalue weighted by molar-refractivity contribution is -0.149. The van der Waals surface area contributed by atoms with Crippen molar-refractivity contribution in [3.63, 3.8) is 0 Å². The van der Waals surface area contributed by atoms with Crippen LogP contribution in [0.15, 0.2) is 6.33 Å². The fourth-order valence-electron chi connectivity index (χ4n) is 2.68. The van der Waals surface area contributed by atoms with Gasteiger partial charge in [0.05, 0.1) is 5.41 Å². The summed E-state index contributed by atoms with van der Waals surface area (Å²) in [5.74, 6) is -0.513. The van der Waals surface area contributed by atoms with E-state index >= 15 is 0 Å². The number of aliphatic carboxylic acids is 1. The van der Waals surface area contributed by atoms with Crippen molar-refractivity contribution in [3.05, 3.63) is 6.33 Å². The Morgan fingerprint density at radius 2 is 2.00 bits per heavy atom. The molecule has 1 aromatic heterocycles. The van der Waals surface area contributed by atoms with Gasteiger partial charge >= 0.3 is 12.0 Å². The summed E-state index contributed by atoms with van der Waals surface area (Å²) in [5.41, 5.74) is -0.853. The Morgan fingerprint density at radius 1 is 1.33 bits per heavy atom. The van der Waals surface area contributed by atoms with Crippen LogP contribution >= 0.6 is 0 Å². The maximum atomic E-state index is 11.9. The molecular weight excluding hydrogens is 274 g/mol. The summed E-state index contributed by atoms with van der Waals surface area (Å²) in [6.07, 6.45) is 6.43. The van der Waals surface area contributed by atoms with E-state index in [-0.39, 0.29) is 6.54 Å². The lowest BCUT2D eigenvalue weighted by Crippen LogP contribution is -2.44. The largest absolute Gasteiger partial charge is 0.481 e. The molecule has 3 N–H and O–H groups in total. The first kappa shape index (κ1) is 15.3. The van der Waals surface area contributed by atoms with Gasteiger partial charge in [0.25, 0.3) is 0 Å². The zero-order valence-corrected chi connectivity index (χ0v) is 12.1. The van der Waals surface area contributed by atoms with Crippen LogP contribution in [0, 0.1) is 5.41 Å². The summed E-state index contributed by atoms with van der Waals surface area (Å²) >= 11 is 0. The number of nitrogens with zero attached hydrogens (tertiary/aromatic N) is 3. The highest BCUT2D eigenvalue weighted by Gasteiger charge is 2.38. The molecule has 0 aromatic carbocycles. The minimum atomic E-state index is -0.853. The van der Waals surface area contributed by atoms with Gasteiger partial charge in [-0.3, -0.25) is 10.1 Å². The first-order valence-corrected chi connectivity index (χ1v) is 7.16. The Bertz CT molecular complexity index is 506. The summed E-state index contributed by atoms with van der Waals surface area (Å²) in [6, 6.07) is -0.462. The van der Waals surface area contributed by atoms with Crippen LogP contribution in [-0.4, -0.2) is 38.4 Å². The summed E-state index contributed by atoms with van der Waals surface area (Å²) < 4.78 is 1.43. The molecule has 0 spiro atoms. The Morgan fingerprint density at radius 3 is 2.52 bits per heavy atom. The van der Waals surface area contributed by atoms with Crippen LogP contribution in [0.4, 0.5) is 10.7 Å². The van der Waals surface area contributed by atoms with Crippen LogP contribution in [0.5, 0.6) is 0 Å². The minimum Gasteiger partial charge on any atom is -0.481 e. The van der Waals surface area contributed by atoms with Crippen molar-refractivity contribution in [2.24, 2.45) is 12.5 Å². The number of hydrogen-bond donors (Lipinski definition) is 3. The summed E-state index contributed by atoms with van der Waals surface area (Å²) in [5, 5.41) is 18.6. The van der Waals surface area contributed by atoms with Gasteiger partial charge in [0.1, 0.15) is 6.33 Å². The van der Waals surface area contributed by atoms with Gasteiger partial charge < -0.3 is 10.4 Å². The number of aryl methyl sites for hydroxylation is 1. The van der Waals surface area contributed by atoms with E-state index in [4.69, 9.17) is 0 Å². The maximum Gasteiger partial charge on any atom is 0.321 e. The minimum absolute atomic E-state index is 0.131. The van der Waals surface area contributed by atoms with Gasteiger partial charge in [-0.25, -0.2) is 9.48 Å². The van der Waals surface area contributed by atoms with Gasteiger partial charge in [0.2, 0.25) is 5.95 Å². The molecule has 0 atom stereocenters. The third-order valence-electron chi connectivity index (χ3n) is 4.04. The van der Waals surface area contributed by atoms with E-state index in [0.717, 1.165) is 25.7 Å². The smallest absolute Gasteiger partial charge is 0.321 e. The molecule has 1 fully saturated rings. The molecule has 0 radical (unpaired) electrons. The van der Waals surface area contributed by atoms with E-state index in [1.165, 1.54) is 11.0 Å². The molecule has 2 rings (SSSR count). The number of anilines is 1. The van der Waals surface area contributed by atoms with Crippen molar-refractivity contribution in [1.29, 1.82) is 0 Å². The lowest BCUT2D eigenvalue weighted by Gasteiger charge is -2.28. The average Bonchev–Trinajstić information content (AvgIpc) is 2.72. The number of nitrogens with one attached hydrogen (secondary N) is 2. The van der Waals surface area contributed by atoms with Crippen molar-refractivity contribution in [3.8, 4) is 0 Å². The monoisotopic (exact) mass is 295 g/mol. The van der Waals surface area contributed by atoms with Crippen LogP contribution in [0.25, 0.3) is 0 Å². The van der Waals surface area contributed by atoms with Gasteiger partial charge in [-0.15, -0.1) is 0 Å². The van der Waals surface area contributed by atoms with E-state index in [0.29, 0.717) is 18.8 Å². The molecule has 2 amide bonds. The third-order valence-corrected chi connectivity index (χ3v) is 4.04. The predicted octanol–water partition coefficient (Wildman–Crippen LogP) is 1.36. The lowest BCUT2D eigenvalue weighted by atomic mass is 9.80. The highest BCUT2D eigenvalue weighted by Crippen LogP contribution is 2.34. The Balaban J connectivity index is 1.93. The molecule has 1 saturated carbocycles. The highest BCUT2D eigenvalue weighted by molar-refractivity contribution is 5.88. The SMILES string of the molecule is Cn1ncnc1NC(=O)NCC1(C(=O)O)CCCCCC1. The molecule has 1 heterocycles. The molecule has 8 nitrogen and oxygen atoms in total. The van der Waals surface area contributed by atoms with Crippen LogP contribution < -0.4 is 10.6 Å². The molecule has 0 aliphatic heterocycles. The number of carboxylic acid groups (broad SMARTS) is 1. The Labute approximate surface area is 122 Å². The van der Waals surface area contributed by atoms with Gasteiger partial charge in [-0.2, -0.15) is 10.1 Å². The Hall–Kier alpha value is -2.12. The topological polar surface area (TPSA) is 109 Å². The molecule has 0 bridgehead atoms. The molecular formula is C13H21N5O3. The number of aromatic nitrogens is 3. The first-order valence-electron chi connectivity index (χ1n) is 7.16. The van der Waals surface area contributed by atoms with E-state index in [1.54, 1.807) is 7.05 Å². The first-order chi connectivity index (χ1) is 10.0. The van der Waals surface area contributed by atoms with Crippen molar-refractivity contribution in [2.45, 2.75) is 38.5 Å². The number of urea groups is 1. The van der Waals surface area contributed by atoms with Gasteiger partial charge in [0.15, 0.2) is 0 Å². The predicted molar refractivity (Wildman–Crippen MR) is 75.8 cm³/mol. The molecule has 21 heavy (non-hydrogen) atoms. The summed E-state index contributed by atoms with van der Waals surface area (Å²) in [4.78, 5) is 27.4. The number of hydrogen-bond acceptors (Lipinski definition) is 4. The second-order valence-electron chi connectivity index (χ2n) is 5.51. The van der Waals surface area contributed by atoms with Crippen molar-refractivity contribution < 1.29 is 14.7 Å². The number of rotatable bonds is 4. The van der Waals surface area contributed by atoms with Crippen molar-refractivity contribution in [2.75, 3.05) is 11.9 Å². The standard InChI is InChI=1S/C13H21N5O3/c1-18-11(15-9-16-18)17-12(21)14-8-13(10(19)20)6-4-2-3-5-7-13/h9H,2-8H2,1H3,(H,19,20)(H2,14,15,16,17,21). The second-order valence-corrected chi connectivity index (χ2v) is 5.51. The maximum absolute atomic E-state index is 11.9. The average molecular weight is 295 g/mol. The van der Waals surface area contributed by atoms with Gasteiger partial charge in [-0.1, -0.05) is 25.7 Å². The number of carboxylic acids is 1. The van der Waals surface area contributed by atoms with Crippen LogP contribution in [0.3, 0.4) is 0 Å². The molecule has 1 aliphatic carbocycles. The number of carbonyl (C=O) groups is 2. The van der Waals surface area contributed by atoms with E-state index in [1.807, 2.05) is 0 Å². The van der Waals surface area contributed by atoms with E-state index in [2.05, 4.69) is 20.7 Å². The zero-order valence-electron chi connectivity index (χ0n) is 12.1. The third kappa shape index (κ3) is 3.71. The van der Waals surface area contributed by atoms with Crippen LogP contribution in [-0.2, 0) is 11.8 Å². The van der Waals surface area contributed by atoms with E-state index < -0.39 is 17.4 Å². The molecule has 116 valence electrons. The number of amides is 2. The van der Waals surface area contributed by atoms with E-state index in [9.17, 15) is 14.7 Å². The van der Waals surface area contributed by atoms with Crippen LogP contribution in [0.2, 0.25) is 0 Å². The molecule has 8 heteroatoms. The van der Waals surface area contributed by atoms with Crippen molar-refractivity contribution in [1.82, 2.24) is 20.1 Å². The molecule has 1 aromatic rings. The van der Waals surface area contributed by atoms with Gasteiger partial charge in [-0.05, 0) is 12.8 Å². The zero-order chi connectivity index (χ0) is 15.3. The quantitative estimate of drug-likeness (QED) is 0.727. The molecule has 0 saturated heterocycles. The van der Waals surface area contributed by atoms with Gasteiger partial charge in [0, 0.05) is 13.6 Å². The summed E-state index contributed by atoms with van der Waals surface area (Å²) in [6.45, 7) is 0.131. The van der Waals surface area contributed by atoms with Crippen LogP contribution in [0.1, 0.15) is 38.5 Å². The molecule has 1 aliphatic rings. The highest BCUT2D eigenvalue weighted by atomic mass is 16.4. The molecule has 0 unspecified atom stereocenters. The van der Waals surface area contributed by atoms with Crippen molar-refractivity contribution >= 4 is 17.9 Å². The number of carbonyl (C=O) groups excluding carboxylic acids is 1. The normalized spacial score (nSPS) is 17.8.